The van der Waals surface area contributed by atoms with Gasteiger partial charge in [-0.2, -0.15) is 0 Å². The quantitative estimate of drug-likeness (QED) is 0.327. The van der Waals surface area contributed by atoms with E-state index in [0.29, 0.717) is 33.7 Å². The van der Waals surface area contributed by atoms with E-state index >= 15 is 0 Å². The molecule has 0 radical (unpaired) electrons. The van der Waals surface area contributed by atoms with Gasteiger partial charge in [-0.1, -0.05) is 23.9 Å². The number of thioether (sulfide) groups is 1. The lowest BCUT2D eigenvalue weighted by Crippen LogP contribution is -2.05. The smallest absolute Gasteiger partial charge is 0.205 e. The number of ketones is 1. The molecule has 2 heterocycles. The number of aromatic nitrogens is 3. The van der Waals surface area contributed by atoms with Crippen LogP contribution in [0.1, 0.15) is 10.4 Å². The number of carbonyl (C=O) groups excluding carboxylic acids is 1. The second-order valence-corrected chi connectivity index (χ2v) is 6.98. The van der Waals surface area contributed by atoms with Crippen molar-refractivity contribution in [3.63, 3.8) is 0 Å². The highest BCUT2D eigenvalue weighted by atomic mass is 32.2. The Morgan fingerprint density at radius 2 is 1.97 bits per heavy atom. The van der Waals surface area contributed by atoms with Gasteiger partial charge in [0.2, 0.25) is 5.82 Å². The van der Waals surface area contributed by atoms with Gasteiger partial charge >= 0.3 is 0 Å². The summed E-state index contributed by atoms with van der Waals surface area (Å²) in [5.74, 6) is 1.36. The monoisotopic (exact) mass is 409 g/mol. The molecule has 29 heavy (non-hydrogen) atoms. The van der Waals surface area contributed by atoms with Crippen LogP contribution in [0.25, 0.3) is 17.3 Å². The molecule has 4 aromatic rings. The van der Waals surface area contributed by atoms with Crippen molar-refractivity contribution in [2.24, 2.45) is 0 Å². The molecule has 0 fully saturated rings. The van der Waals surface area contributed by atoms with Crippen LogP contribution in [-0.2, 0) is 0 Å². The van der Waals surface area contributed by atoms with Crippen LogP contribution < -0.4 is 4.74 Å². The molecular weight excluding hydrogens is 393 g/mol. The van der Waals surface area contributed by atoms with Gasteiger partial charge in [-0.3, -0.25) is 9.36 Å². The number of carbonyl (C=O) groups is 1. The van der Waals surface area contributed by atoms with Crippen molar-refractivity contribution in [2.45, 2.75) is 5.16 Å². The summed E-state index contributed by atoms with van der Waals surface area (Å²) in [4.78, 5) is 12.6. The fourth-order valence-corrected chi connectivity index (χ4v) is 3.61. The Kier molecular flexibility index (Phi) is 5.44. The van der Waals surface area contributed by atoms with E-state index in [2.05, 4.69) is 10.2 Å². The van der Waals surface area contributed by atoms with Crippen molar-refractivity contribution in [3.05, 3.63) is 78.3 Å². The Bertz CT molecular complexity index is 1120. The van der Waals surface area contributed by atoms with E-state index in [4.69, 9.17) is 9.15 Å². The number of Topliss-reactive ketones (excluding diaryl/α,β-unsaturated/α-hetero) is 1. The molecule has 0 aliphatic rings. The van der Waals surface area contributed by atoms with Gasteiger partial charge in [-0.25, -0.2) is 4.39 Å². The second-order valence-electron chi connectivity index (χ2n) is 6.04. The van der Waals surface area contributed by atoms with Crippen molar-refractivity contribution in [3.8, 4) is 23.0 Å². The number of methoxy groups -OCH3 is 1. The minimum Gasteiger partial charge on any atom is -0.497 e. The first kappa shape index (κ1) is 18.9. The predicted octanol–water partition coefficient (Wildman–Crippen LogP) is 4.65. The molecule has 2 aromatic carbocycles. The lowest BCUT2D eigenvalue weighted by atomic mass is 10.1. The first-order chi connectivity index (χ1) is 14.2. The molecule has 0 saturated carbocycles. The third-order valence-electron chi connectivity index (χ3n) is 4.18. The van der Waals surface area contributed by atoms with Crippen LogP contribution in [0.3, 0.4) is 0 Å². The molecule has 0 bridgehead atoms. The van der Waals surface area contributed by atoms with E-state index in [0.717, 1.165) is 0 Å². The summed E-state index contributed by atoms with van der Waals surface area (Å²) in [6, 6.07) is 16.5. The maximum Gasteiger partial charge on any atom is 0.205 e. The molecule has 146 valence electrons. The van der Waals surface area contributed by atoms with E-state index in [1.165, 1.54) is 30.2 Å². The summed E-state index contributed by atoms with van der Waals surface area (Å²) in [5.41, 5.74) is 1.22. The van der Waals surface area contributed by atoms with E-state index in [1.54, 1.807) is 60.2 Å². The van der Waals surface area contributed by atoms with Crippen LogP contribution >= 0.6 is 11.8 Å². The van der Waals surface area contributed by atoms with Gasteiger partial charge in [-0.05, 0) is 48.5 Å². The number of furan rings is 1. The van der Waals surface area contributed by atoms with E-state index in [-0.39, 0.29) is 17.4 Å². The molecule has 4 rings (SSSR count). The van der Waals surface area contributed by atoms with Gasteiger partial charge in [0, 0.05) is 5.56 Å². The van der Waals surface area contributed by atoms with Crippen LogP contribution in [0.15, 0.2) is 76.5 Å². The molecule has 6 nitrogen and oxygen atoms in total. The van der Waals surface area contributed by atoms with Gasteiger partial charge < -0.3 is 9.15 Å². The zero-order valence-corrected chi connectivity index (χ0v) is 16.2. The molecule has 0 atom stereocenters. The highest BCUT2D eigenvalue weighted by Crippen LogP contribution is 2.29. The lowest BCUT2D eigenvalue weighted by molar-refractivity contribution is 0.102. The molecule has 0 spiro atoms. The second kappa shape index (κ2) is 8.32. The first-order valence-electron chi connectivity index (χ1n) is 8.71. The van der Waals surface area contributed by atoms with Crippen LogP contribution in [0.2, 0.25) is 0 Å². The van der Waals surface area contributed by atoms with Crippen LogP contribution in [-0.4, -0.2) is 33.4 Å². The van der Waals surface area contributed by atoms with Crippen molar-refractivity contribution >= 4 is 17.5 Å². The molecule has 2 aromatic heterocycles. The minimum absolute atomic E-state index is 0.0675. The topological polar surface area (TPSA) is 70.2 Å². The normalized spacial score (nSPS) is 10.8. The van der Waals surface area contributed by atoms with E-state index in [1.807, 2.05) is 0 Å². The average molecular weight is 409 g/mol. The molecule has 0 aliphatic carbocycles. The summed E-state index contributed by atoms with van der Waals surface area (Å²) in [5, 5.41) is 8.92. The molecule has 0 amide bonds. The van der Waals surface area contributed by atoms with Crippen LogP contribution in [0.5, 0.6) is 5.75 Å². The standard InChI is InChI=1S/C21H16FN3O3S/c1-27-17-5-2-4-14(12-17)18(26)13-29-21-24-23-20(19-6-3-11-28-19)25(21)16-9-7-15(22)8-10-16/h2-12H,13H2,1H3. The highest BCUT2D eigenvalue weighted by molar-refractivity contribution is 7.99. The number of nitrogens with zero attached hydrogens (tertiary/aromatic N) is 3. The number of benzene rings is 2. The van der Waals surface area contributed by atoms with Crippen molar-refractivity contribution < 1.29 is 18.3 Å². The summed E-state index contributed by atoms with van der Waals surface area (Å²) in [6.45, 7) is 0. The Morgan fingerprint density at radius 1 is 1.14 bits per heavy atom. The third-order valence-corrected chi connectivity index (χ3v) is 5.11. The molecule has 0 aliphatic heterocycles. The molecular formula is C21H16FN3O3S. The van der Waals surface area contributed by atoms with Crippen LogP contribution in [0, 0.1) is 5.82 Å². The maximum atomic E-state index is 13.4. The molecule has 0 N–H and O–H groups in total. The first-order valence-corrected chi connectivity index (χ1v) is 9.69. The van der Waals surface area contributed by atoms with Crippen LogP contribution in [0.4, 0.5) is 4.39 Å². The van der Waals surface area contributed by atoms with Gasteiger partial charge in [0.25, 0.3) is 0 Å². The maximum absolute atomic E-state index is 13.4. The number of hydrogen-bond donors (Lipinski definition) is 0. The third kappa shape index (κ3) is 4.07. The summed E-state index contributed by atoms with van der Waals surface area (Å²) in [6.07, 6.45) is 1.54. The molecule has 0 saturated heterocycles. The van der Waals surface area contributed by atoms with E-state index < -0.39 is 0 Å². The van der Waals surface area contributed by atoms with Crippen molar-refractivity contribution in [1.82, 2.24) is 14.8 Å². The number of ether oxygens (including phenoxy) is 1. The summed E-state index contributed by atoms with van der Waals surface area (Å²) in [7, 11) is 1.56. The number of rotatable bonds is 7. The Morgan fingerprint density at radius 3 is 2.69 bits per heavy atom. The fraction of sp³-hybridized carbons (Fsp3) is 0.0952. The fourth-order valence-electron chi connectivity index (χ4n) is 2.76. The Labute approximate surface area is 170 Å². The zero-order valence-electron chi connectivity index (χ0n) is 15.4. The SMILES string of the molecule is COc1cccc(C(=O)CSc2nnc(-c3ccco3)n2-c2ccc(F)cc2)c1. The summed E-state index contributed by atoms with van der Waals surface area (Å²) < 4.78 is 25.7. The van der Waals surface area contributed by atoms with Gasteiger partial charge in [0.05, 0.1) is 24.8 Å². The Balaban J connectivity index is 1.63. The number of hydrogen-bond acceptors (Lipinski definition) is 6. The average Bonchev–Trinajstić information content (AvgIpc) is 3.42. The van der Waals surface area contributed by atoms with Crippen molar-refractivity contribution in [1.29, 1.82) is 0 Å². The van der Waals surface area contributed by atoms with Gasteiger partial charge in [-0.15, -0.1) is 10.2 Å². The number of halogens is 1. The lowest BCUT2D eigenvalue weighted by Gasteiger charge is -2.09. The van der Waals surface area contributed by atoms with Gasteiger partial charge in [0.1, 0.15) is 11.6 Å². The largest absolute Gasteiger partial charge is 0.497 e. The summed E-state index contributed by atoms with van der Waals surface area (Å²) >= 11 is 1.24. The zero-order chi connectivity index (χ0) is 20.2. The van der Waals surface area contributed by atoms with Crippen molar-refractivity contribution in [2.75, 3.05) is 12.9 Å². The van der Waals surface area contributed by atoms with Gasteiger partial charge in [0.15, 0.2) is 16.7 Å². The minimum atomic E-state index is -0.344. The predicted molar refractivity (Wildman–Crippen MR) is 107 cm³/mol. The van der Waals surface area contributed by atoms with E-state index in [9.17, 15) is 9.18 Å². The molecule has 0 unspecified atom stereocenters. The molecule has 8 heteroatoms. The Hall–Kier alpha value is -3.39. The highest BCUT2D eigenvalue weighted by Gasteiger charge is 2.19.